The zero-order valence-electron chi connectivity index (χ0n) is 11.5. The zero-order chi connectivity index (χ0) is 14.7. The Balaban J connectivity index is 1.71. The third-order valence-electron chi connectivity index (χ3n) is 2.99. The average molecular weight is 311 g/mol. The highest BCUT2D eigenvalue weighted by Gasteiger charge is 2.16. The van der Waals surface area contributed by atoms with Crippen molar-refractivity contribution in [3.05, 3.63) is 22.8 Å². The van der Waals surface area contributed by atoms with Gasteiger partial charge in [-0.1, -0.05) is 5.16 Å². The minimum Gasteiger partial charge on any atom is -0.378 e. The first kappa shape index (κ1) is 14.0. The maximum Gasteiger partial charge on any atom is 0.231 e. The van der Waals surface area contributed by atoms with Gasteiger partial charge in [0.1, 0.15) is 11.5 Å². The molecular weight excluding hydrogens is 296 g/mol. The van der Waals surface area contributed by atoms with E-state index in [1.165, 1.54) is 0 Å². The number of morpholine rings is 1. The summed E-state index contributed by atoms with van der Waals surface area (Å²) >= 11 is 5.96. The van der Waals surface area contributed by atoms with Gasteiger partial charge in [-0.3, -0.25) is 0 Å². The quantitative estimate of drug-likeness (QED) is 0.903. The van der Waals surface area contributed by atoms with Crippen LogP contribution in [0.2, 0.25) is 5.28 Å². The standard InChI is InChI=1S/C12H15ClN6O2/c1-8-6-9(18-21-8)7-14-11-15-10(13)16-12(17-11)19-2-4-20-5-3-19/h6H,2-5,7H2,1H3,(H,14,15,16,17). The lowest BCUT2D eigenvalue weighted by Gasteiger charge is -2.26. The van der Waals surface area contributed by atoms with Crippen LogP contribution in [-0.4, -0.2) is 46.4 Å². The van der Waals surface area contributed by atoms with Crippen LogP contribution in [0, 0.1) is 6.92 Å². The van der Waals surface area contributed by atoms with E-state index < -0.39 is 0 Å². The van der Waals surface area contributed by atoms with Crippen LogP contribution in [0.1, 0.15) is 11.5 Å². The average Bonchev–Trinajstić information content (AvgIpc) is 2.91. The molecule has 0 bridgehead atoms. The van der Waals surface area contributed by atoms with Gasteiger partial charge in [0.2, 0.25) is 17.2 Å². The Hall–Kier alpha value is -1.93. The Morgan fingerprint density at radius 1 is 1.29 bits per heavy atom. The molecule has 0 amide bonds. The van der Waals surface area contributed by atoms with Crippen LogP contribution in [0.3, 0.4) is 0 Å². The summed E-state index contributed by atoms with van der Waals surface area (Å²) in [5.41, 5.74) is 0.775. The molecule has 2 aromatic rings. The molecule has 0 unspecified atom stereocenters. The number of hydrogen-bond donors (Lipinski definition) is 1. The summed E-state index contributed by atoms with van der Waals surface area (Å²) in [6.07, 6.45) is 0. The van der Waals surface area contributed by atoms with Crippen LogP contribution in [0.15, 0.2) is 10.6 Å². The molecule has 0 spiro atoms. The summed E-state index contributed by atoms with van der Waals surface area (Å²) in [5, 5.41) is 7.12. The van der Waals surface area contributed by atoms with E-state index >= 15 is 0 Å². The van der Waals surface area contributed by atoms with Crippen LogP contribution in [0.25, 0.3) is 0 Å². The highest BCUT2D eigenvalue weighted by atomic mass is 35.5. The first-order valence-corrected chi connectivity index (χ1v) is 6.99. The van der Waals surface area contributed by atoms with Crippen LogP contribution >= 0.6 is 11.6 Å². The Kier molecular flexibility index (Phi) is 4.16. The number of aryl methyl sites for hydroxylation is 1. The molecule has 8 nitrogen and oxygen atoms in total. The van der Waals surface area contributed by atoms with Gasteiger partial charge in [-0.25, -0.2) is 0 Å². The van der Waals surface area contributed by atoms with Crippen LogP contribution in [-0.2, 0) is 11.3 Å². The molecule has 21 heavy (non-hydrogen) atoms. The molecule has 1 aliphatic heterocycles. The molecule has 2 aromatic heterocycles. The van der Waals surface area contributed by atoms with Gasteiger partial charge in [0, 0.05) is 19.2 Å². The molecule has 0 saturated carbocycles. The molecule has 1 aliphatic rings. The number of halogens is 1. The monoisotopic (exact) mass is 310 g/mol. The largest absolute Gasteiger partial charge is 0.378 e. The predicted molar refractivity (Wildman–Crippen MR) is 76.4 cm³/mol. The minimum atomic E-state index is 0.158. The topological polar surface area (TPSA) is 89.2 Å². The molecule has 0 aromatic carbocycles. The molecule has 1 saturated heterocycles. The SMILES string of the molecule is Cc1cc(CNc2nc(Cl)nc(N3CCOCC3)n2)no1. The van der Waals surface area contributed by atoms with Crippen molar-refractivity contribution >= 4 is 23.5 Å². The third kappa shape index (κ3) is 3.59. The second-order valence-corrected chi connectivity index (χ2v) is 4.95. The fourth-order valence-electron chi connectivity index (χ4n) is 1.99. The van der Waals surface area contributed by atoms with E-state index in [1.54, 1.807) is 0 Å². The molecule has 0 aliphatic carbocycles. The molecule has 1 N–H and O–H groups in total. The number of rotatable bonds is 4. The molecule has 0 radical (unpaired) electrons. The molecule has 0 atom stereocenters. The molecule has 112 valence electrons. The maximum atomic E-state index is 5.96. The van der Waals surface area contributed by atoms with Crippen molar-refractivity contribution in [1.82, 2.24) is 20.1 Å². The van der Waals surface area contributed by atoms with Crippen molar-refractivity contribution in [1.29, 1.82) is 0 Å². The van der Waals surface area contributed by atoms with Gasteiger partial charge in [0.25, 0.3) is 0 Å². The second kappa shape index (κ2) is 6.23. The summed E-state index contributed by atoms with van der Waals surface area (Å²) in [6, 6.07) is 1.85. The predicted octanol–water partition coefficient (Wildman–Crippen LogP) is 1.27. The van der Waals surface area contributed by atoms with Crippen LogP contribution in [0.4, 0.5) is 11.9 Å². The van der Waals surface area contributed by atoms with E-state index in [2.05, 4.69) is 25.4 Å². The van der Waals surface area contributed by atoms with Crippen LogP contribution in [0.5, 0.6) is 0 Å². The van der Waals surface area contributed by atoms with Gasteiger partial charge in [-0.05, 0) is 18.5 Å². The fraction of sp³-hybridized carbons (Fsp3) is 0.500. The third-order valence-corrected chi connectivity index (χ3v) is 3.16. The van der Waals surface area contributed by atoms with Gasteiger partial charge in [0.05, 0.1) is 19.8 Å². The van der Waals surface area contributed by atoms with E-state index in [1.807, 2.05) is 17.9 Å². The molecular formula is C12H15ClN6O2. The number of nitrogens with one attached hydrogen (secondary N) is 1. The van der Waals surface area contributed by atoms with E-state index in [0.29, 0.717) is 31.7 Å². The van der Waals surface area contributed by atoms with Crippen molar-refractivity contribution in [2.75, 3.05) is 36.5 Å². The van der Waals surface area contributed by atoms with E-state index in [4.69, 9.17) is 20.9 Å². The molecule has 9 heteroatoms. The van der Waals surface area contributed by atoms with Crippen molar-refractivity contribution < 1.29 is 9.26 Å². The Labute approximate surface area is 126 Å². The molecule has 3 heterocycles. The van der Waals surface area contributed by atoms with E-state index in [-0.39, 0.29) is 5.28 Å². The van der Waals surface area contributed by atoms with Crippen LogP contribution < -0.4 is 10.2 Å². The summed E-state index contributed by atoms with van der Waals surface area (Å²) in [4.78, 5) is 14.6. The van der Waals surface area contributed by atoms with E-state index in [9.17, 15) is 0 Å². The smallest absolute Gasteiger partial charge is 0.231 e. The number of nitrogens with zero attached hydrogens (tertiary/aromatic N) is 5. The van der Waals surface area contributed by atoms with E-state index in [0.717, 1.165) is 24.5 Å². The summed E-state index contributed by atoms with van der Waals surface area (Å²) < 4.78 is 10.3. The number of hydrogen-bond acceptors (Lipinski definition) is 8. The Morgan fingerprint density at radius 2 is 2.10 bits per heavy atom. The number of anilines is 2. The first-order valence-electron chi connectivity index (χ1n) is 6.61. The number of ether oxygens (including phenoxy) is 1. The van der Waals surface area contributed by atoms with Gasteiger partial charge >= 0.3 is 0 Å². The van der Waals surface area contributed by atoms with Crippen molar-refractivity contribution in [3.63, 3.8) is 0 Å². The van der Waals surface area contributed by atoms with Crippen molar-refractivity contribution in [3.8, 4) is 0 Å². The second-order valence-electron chi connectivity index (χ2n) is 4.61. The Morgan fingerprint density at radius 3 is 2.81 bits per heavy atom. The summed E-state index contributed by atoms with van der Waals surface area (Å²) in [7, 11) is 0. The van der Waals surface area contributed by atoms with Crippen molar-refractivity contribution in [2.45, 2.75) is 13.5 Å². The minimum absolute atomic E-state index is 0.158. The Bertz CT molecular complexity index is 614. The van der Waals surface area contributed by atoms with Gasteiger partial charge < -0.3 is 19.5 Å². The fourth-order valence-corrected chi connectivity index (χ4v) is 2.15. The van der Waals surface area contributed by atoms with Crippen molar-refractivity contribution in [2.24, 2.45) is 0 Å². The van der Waals surface area contributed by atoms with Gasteiger partial charge in [-0.15, -0.1) is 0 Å². The molecule has 3 rings (SSSR count). The summed E-state index contributed by atoms with van der Waals surface area (Å²) in [5.74, 6) is 1.73. The zero-order valence-corrected chi connectivity index (χ0v) is 12.3. The lowest BCUT2D eigenvalue weighted by atomic mass is 10.4. The highest BCUT2D eigenvalue weighted by molar-refractivity contribution is 6.28. The van der Waals surface area contributed by atoms with Gasteiger partial charge in [0.15, 0.2) is 0 Å². The number of aromatic nitrogens is 4. The first-order chi connectivity index (χ1) is 10.2. The summed E-state index contributed by atoms with van der Waals surface area (Å²) in [6.45, 7) is 5.09. The lowest BCUT2D eigenvalue weighted by Crippen LogP contribution is -2.37. The van der Waals surface area contributed by atoms with Gasteiger partial charge in [-0.2, -0.15) is 15.0 Å². The maximum absolute atomic E-state index is 5.96. The molecule has 1 fully saturated rings. The highest BCUT2D eigenvalue weighted by Crippen LogP contribution is 2.15. The normalized spacial score (nSPS) is 15.2. The lowest BCUT2D eigenvalue weighted by molar-refractivity contribution is 0.122.